The smallest absolute Gasteiger partial charge is 0.278 e. The van der Waals surface area contributed by atoms with Gasteiger partial charge in [-0.25, -0.2) is 4.98 Å². The number of nitrogens with one attached hydrogen (secondary N) is 2. The maximum Gasteiger partial charge on any atom is 0.278 e. The number of morpholine rings is 1. The summed E-state index contributed by atoms with van der Waals surface area (Å²) in [4.78, 5) is 25.9. The SMILES string of the molecule is [2H]c1c([2H])c(CNc2nc3nc([2H])n(CCN4CCOCC4)c3c(=O)[nH]2)c([2H])c(Cl)c1Cl. The Labute approximate surface area is 177 Å². The Morgan fingerprint density at radius 2 is 2.07 bits per heavy atom. The number of ether oxygens (including phenoxy) is 1. The van der Waals surface area contributed by atoms with Crippen molar-refractivity contribution >= 4 is 40.3 Å². The number of fused-ring (bicyclic) bond motifs is 1. The number of aromatic amines is 1. The molecule has 0 amide bonds. The van der Waals surface area contributed by atoms with E-state index in [1.165, 1.54) is 4.57 Å². The van der Waals surface area contributed by atoms with Gasteiger partial charge in [0.25, 0.3) is 5.56 Å². The summed E-state index contributed by atoms with van der Waals surface area (Å²) < 4.78 is 39.0. The van der Waals surface area contributed by atoms with Crippen molar-refractivity contribution in [1.29, 1.82) is 0 Å². The molecule has 2 aromatic heterocycles. The van der Waals surface area contributed by atoms with E-state index in [-0.39, 0.29) is 63.7 Å². The summed E-state index contributed by atoms with van der Waals surface area (Å²) in [6.45, 7) is 3.92. The third kappa shape index (κ3) is 4.30. The molecule has 0 saturated carbocycles. The fourth-order valence-electron chi connectivity index (χ4n) is 2.91. The zero-order valence-electron chi connectivity index (χ0n) is 18.8. The van der Waals surface area contributed by atoms with Gasteiger partial charge in [0.15, 0.2) is 11.2 Å². The molecule has 1 aliphatic heterocycles. The number of hydrogen-bond donors (Lipinski definition) is 2. The van der Waals surface area contributed by atoms with Gasteiger partial charge < -0.3 is 14.6 Å². The number of nitrogens with zero attached hydrogens (tertiary/aromatic N) is 4. The molecule has 148 valence electrons. The molecule has 4 rings (SSSR count). The van der Waals surface area contributed by atoms with Gasteiger partial charge in [-0.2, -0.15) is 4.98 Å². The average Bonchev–Trinajstić information content (AvgIpc) is 3.11. The van der Waals surface area contributed by atoms with Crippen molar-refractivity contribution in [3.05, 3.63) is 50.4 Å². The Kier molecular flexibility index (Phi) is 4.49. The quantitative estimate of drug-likeness (QED) is 0.628. The van der Waals surface area contributed by atoms with Crippen molar-refractivity contribution in [3.8, 4) is 0 Å². The number of imidazole rings is 1. The highest BCUT2D eigenvalue weighted by Crippen LogP contribution is 2.22. The van der Waals surface area contributed by atoms with E-state index in [9.17, 15) is 4.79 Å². The van der Waals surface area contributed by atoms with Crippen molar-refractivity contribution in [3.63, 3.8) is 0 Å². The molecule has 0 unspecified atom stereocenters. The highest BCUT2D eigenvalue weighted by atomic mass is 35.5. The van der Waals surface area contributed by atoms with E-state index in [4.69, 9.17) is 33.4 Å². The van der Waals surface area contributed by atoms with Crippen LogP contribution in [0.2, 0.25) is 10.0 Å². The summed E-state index contributed by atoms with van der Waals surface area (Å²) in [6.07, 6.45) is -0.0615. The molecular formula is C18H20Cl2N6O2. The van der Waals surface area contributed by atoms with Crippen LogP contribution in [0, 0.1) is 0 Å². The summed E-state index contributed by atoms with van der Waals surface area (Å²) in [5.74, 6) is 0.0664. The van der Waals surface area contributed by atoms with Gasteiger partial charge in [0.2, 0.25) is 5.95 Å². The van der Waals surface area contributed by atoms with Crippen LogP contribution < -0.4 is 10.9 Å². The third-order valence-corrected chi connectivity index (χ3v) is 5.04. The molecule has 0 atom stereocenters. The molecule has 1 saturated heterocycles. The summed E-state index contributed by atoms with van der Waals surface area (Å²) in [5.41, 5.74) is 0.0113. The number of rotatable bonds is 6. The summed E-state index contributed by atoms with van der Waals surface area (Å²) in [5, 5.41) is 2.58. The highest BCUT2D eigenvalue weighted by molar-refractivity contribution is 6.42. The first kappa shape index (κ1) is 14.8. The highest BCUT2D eigenvalue weighted by Gasteiger charge is 2.14. The zero-order chi connectivity index (χ0) is 23.0. The first-order valence-corrected chi connectivity index (χ1v) is 9.48. The second kappa shape index (κ2) is 8.48. The number of H-pyrrole nitrogens is 1. The third-order valence-electron chi connectivity index (χ3n) is 4.38. The fraction of sp³-hybridized carbons (Fsp3) is 0.389. The van der Waals surface area contributed by atoms with Crippen LogP contribution in [-0.2, 0) is 17.8 Å². The van der Waals surface area contributed by atoms with Gasteiger partial charge in [-0.3, -0.25) is 14.7 Å². The van der Waals surface area contributed by atoms with Gasteiger partial charge >= 0.3 is 0 Å². The Hall–Kier alpha value is -2.13. The Balaban J connectivity index is 1.56. The van der Waals surface area contributed by atoms with Crippen LogP contribution in [0.5, 0.6) is 0 Å². The molecule has 3 aromatic rings. The summed E-state index contributed by atoms with van der Waals surface area (Å²) in [6, 6.07) is -0.685. The first-order chi connectivity index (χ1) is 15.3. The van der Waals surface area contributed by atoms with E-state index in [1.54, 1.807) is 0 Å². The fourth-order valence-corrected chi connectivity index (χ4v) is 3.17. The van der Waals surface area contributed by atoms with Crippen molar-refractivity contribution in [2.75, 3.05) is 38.2 Å². The number of halogens is 2. The van der Waals surface area contributed by atoms with Crippen LogP contribution in [0.25, 0.3) is 11.2 Å². The lowest BCUT2D eigenvalue weighted by molar-refractivity contribution is 0.0365. The molecule has 0 aliphatic carbocycles. The predicted octanol–water partition coefficient (Wildman–Crippen LogP) is 2.37. The van der Waals surface area contributed by atoms with Gasteiger partial charge in [0.1, 0.15) is 1.37 Å². The van der Waals surface area contributed by atoms with E-state index >= 15 is 0 Å². The van der Waals surface area contributed by atoms with Crippen LogP contribution in [0.1, 0.15) is 11.0 Å². The van der Waals surface area contributed by atoms with Crippen molar-refractivity contribution < 1.29 is 10.2 Å². The van der Waals surface area contributed by atoms with E-state index in [1.807, 2.05) is 0 Å². The maximum atomic E-state index is 12.7. The molecule has 1 aliphatic rings. The van der Waals surface area contributed by atoms with Crippen LogP contribution >= 0.6 is 23.2 Å². The van der Waals surface area contributed by atoms with Gasteiger partial charge in [0, 0.05) is 32.7 Å². The van der Waals surface area contributed by atoms with Crippen LogP contribution in [-0.4, -0.2) is 57.3 Å². The van der Waals surface area contributed by atoms with Crippen LogP contribution in [0.4, 0.5) is 5.95 Å². The number of anilines is 1. The lowest BCUT2D eigenvalue weighted by Gasteiger charge is -2.26. The maximum absolute atomic E-state index is 12.7. The summed E-state index contributed by atoms with van der Waals surface area (Å²) >= 11 is 11.9. The van der Waals surface area contributed by atoms with Crippen LogP contribution in [0.3, 0.4) is 0 Å². The number of aromatic nitrogens is 4. The normalized spacial score (nSPS) is 17.2. The Bertz CT molecular complexity index is 1200. The topological polar surface area (TPSA) is 88.1 Å². The second-order valence-electron chi connectivity index (χ2n) is 6.24. The van der Waals surface area contributed by atoms with Crippen LogP contribution in [0.15, 0.2) is 29.2 Å². The van der Waals surface area contributed by atoms with Gasteiger partial charge in [-0.1, -0.05) is 29.2 Å². The van der Waals surface area contributed by atoms with E-state index in [0.29, 0.717) is 26.3 Å². The van der Waals surface area contributed by atoms with Gasteiger partial charge in [-0.05, 0) is 17.6 Å². The van der Waals surface area contributed by atoms with Crippen molar-refractivity contribution in [2.24, 2.45) is 0 Å². The average molecular weight is 427 g/mol. The second-order valence-corrected chi connectivity index (χ2v) is 7.00. The zero-order valence-corrected chi connectivity index (χ0v) is 16.3. The molecule has 0 spiro atoms. The van der Waals surface area contributed by atoms with E-state index in [0.717, 1.165) is 13.1 Å². The summed E-state index contributed by atoms with van der Waals surface area (Å²) in [7, 11) is 0. The molecule has 0 bridgehead atoms. The van der Waals surface area contributed by atoms with E-state index in [2.05, 4.69) is 25.2 Å². The molecule has 2 N–H and O–H groups in total. The minimum atomic E-state index is -0.460. The Morgan fingerprint density at radius 3 is 2.89 bits per heavy atom. The number of benzene rings is 1. The molecule has 8 nitrogen and oxygen atoms in total. The van der Waals surface area contributed by atoms with Crippen molar-refractivity contribution in [1.82, 2.24) is 24.4 Å². The molecule has 3 heterocycles. The lowest BCUT2D eigenvalue weighted by atomic mass is 10.2. The standard InChI is InChI=1S/C18H20Cl2N6O2/c19-13-2-1-12(9-14(13)20)10-21-18-23-16-15(17(27)24-18)26(11-22-16)4-3-25-5-7-28-8-6-25/h1-2,9,11H,3-8,10H2,(H2,21,23,24,27)/i1D,2D,9D,11D. The lowest BCUT2D eigenvalue weighted by Crippen LogP contribution is -2.38. The van der Waals surface area contributed by atoms with Gasteiger partial charge in [0.05, 0.1) is 33.7 Å². The number of hydrogen-bond acceptors (Lipinski definition) is 6. The monoisotopic (exact) mass is 426 g/mol. The first-order valence-electron chi connectivity index (χ1n) is 10.7. The van der Waals surface area contributed by atoms with Crippen molar-refractivity contribution in [2.45, 2.75) is 13.1 Å². The minimum Gasteiger partial charge on any atom is -0.379 e. The Morgan fingerprint density at radius 1 is 1.25 bits per heavy atom. The minimum absolute atomic E-state index is 0.0615. The largest absolute Gasteiger partial charge is 0.379 e. The predicted molar refractivity (Wildman–Crippen MR) is 109 cm³/mol. The molecule has 1 fully saturated rings. The molecular weight excluding hydrogens is 403 g/mol. The molecule has 0 radical (unpaired) electrons. The molecule has 10 heteroatoms. The van der Waals surface area contributed by atoms with E-state index < -0.39 is 5.56 Å². The van der Waals surface area contributed by atoms with Gasteiger partial charge in [-0.15, -0.1) is 0 Å². The molecule has 1 aromatic carbocycles. The molecule has 28 heavy (non-hydrogen) atoms.